The van der Waals surface area contributed by atoms with Gasteiger partial charge in [0.2, 0.25) is 5.91 Å². The molecule has 2 aliphatic carbocycles. The van der Waals surface area contributed by atoms with E-state index >= 15 is 0 Å². The van der Waals surface area contributed by atoms with Gasteiger partial charge in [-0.2, -0.15) is 0 Å². The topological polar surface area (TPSA) is 29.5 Å². The lowest BCUT2D eigenvalue weighted by Crippen LogP contribution is -2.37. The van der Waals surface area contributed by atoms with Crippen molar-refractivity contribution in [1.29, 1.82) is 0 Å². The van der Waals surface area contributed by atoms with Gasteiger partial charge < -0.3 is 9.64 Å². The van der Waals surface area contributed by atoms with Gasteiger partial charge in [-0.1, -0.05) is 0 Å². The van der Waals surface area contributed by atoms with Crippen molar-refractivity contribution in [1.82, 2.24) is 4.90 Å². The smallest absolute Gasteiger partial charge is 0.248 e. The maximum absolute atomic E-state index is 11.7. The van der Waals surface area contributed by atoms with Crippen LogP contribution in [-0.4, -0.2) is 36.6 Å². The predicted octanol–water partition coefficient (Wildman–Crippen LogP) is 1.42. The summed E-state index contributed by atoms with van der Waals surface area (Å²) in [6.07, 6.45) is 5.02. The number of hydrogen-bond acceptors (Lipinski definition) is 2. The minimum absolute atomic E-state index is 0.196. The van der Waals surface area contributed by atoms with Gasteiger partial charge in [0.25, 0.3) is 0 Å². The van der Waals surface area contributed by atoms with Gasteiger partial charge in [-0.05, 0) is 38.5 Å². The SMILES string of the molecule is CCOCC(=O)N(CC1CC1)C1CC1. The second-order valence-corrected chi connectivity index (χ2v) is 4.36. The molecule has 1 amide bonds. The molecular weight excluding hydrogens is 178 g/mol. The van der Waals surface area contributed by atoms with Crippen LogP contribution in [0.1, 0.15) is 32.6 Å². The summed E-state index contributed by atoms with van der Waals surface area (Å²) in [5, 5.41) is 0. The Morgan fingerprint density at radius 1 is 1.36 bits per heavy atom. The lowest BCUT2D eigenvalue weighted by Gasteiger charge is -2.22. The number of carbonyl (C=O) groups excluding carboxylic acids is 1. The lowest BCUT2D eigenvalue weighted by atomic mass is 10.3. The highest BCUT2D eigenvalue weighted by Gasteiger charge is 2.36. The molecule has 3 heteroatoms. The zero-order valence-corrected chi connectivity index (χ0v) is 8.87. The second kappa shape index (κ2) is 4.30. The van der Waals surface area contributed by atoms with Gasteiger partial charge in [0.1, 0.15) is 6.61 Å². The molecule has 0 saturated heterocycles. The van der Waals surface area contributed by atoms with Gasteiger partial charge >= 0.3 is 0 Å². The van der Waals surface area contributed by atoms with E-state index in [0.29, 0.717) is 12.6 Å². The number of nitrogens with zero attached hydrogens (tertiary/aromatic N) is 1. The van der Waals surface area contributed by atoms with Gasteiger partial charge in [0.05, 0.1) is 0 Å². The number of hydrogen-bond donors (Lipinski definition) is 0. The van der Waals surface area contributed by atoms with Crippen LogP contribution in [0.2, 0.25) is 0 Å². The van der Waals surface area contributed by atoms with Gasteiger partial charge in [0, 0.05) is 19.2 Å². The standard InChI is InChI=1S/C11H19NO2/c1-2-14-8-11(13)12(10-5-6-10)7-9-3-4-9/h9-10H,2-8H2,1H3. The minimum Gasteiger partial charge on any atom is -0.372 e. The fourth-order valence-electron chi connectivity index (χ4n) is 1.69. The van der Waals surface area contributed by atoms with Crippen LogP contribution in [0.5, 0.6) is 0 Å². The summed E-state index contributed by atoms with van der Waals surface area (Å²) in [7, 11) is 0. The number of rotatable bonds is 6. The third-order valence-electron chi connectivity index (χ3n) is 2.89. The van der Waals surface area contributed by atoms with E-state index in [1.807, 2.05) is 11.8 Å². The molecule has 0 aromatic carbocycles. The van der Waals surface area contributed by atoms with Gasteiger partial charge in [-0.25, -0.2) is 0 Å². The predicted molar refractivity (Wildman–Crippen MR) is 54.0 cm³/mol. The third-order valence-corrected chi connectivity index (χ3v) is 2.89. The molecule has 0 unspecified atom stereocenters. The first-order valence-electron chi connectivity index (χ1n) is 5.68. The molecule has 14 heavy (non-hydrogen) atoms. The van der Waals surface area contributed by atoms with E-state index in [-0.39, 0.29) is 12.5 Å². The first kappa shape index (κ1) is 9.97. The summed E-state index contributed by atoms with van der Waals surface area (Å²) in [5.74, 6) is 0.988. The first-order chi connectivity index (χ1) is 6.81. The van der Waals surface area contributed by atoms with E-state index < -0.39 is 0 Å². The molecule has 2 saturated carbocycles. The maximum atomic E-state index is 11.7. The molecule has 2 aliphatic rings. The Labute approximate surface area is 85.4 Å². The molecule has 80 valence electrons. The number of carbonyl (C=O) groups is 1. The highest BCUT2D eigenvalue weighted by Crippen LogP contribution is 2.34. The summed E-state index contributed by atoms with van der Waals surface area (Å²) >= 11 is 0. The Morgan fingerprint density at radius 2 is 2.07 bits per heavy atom. The van der Waals surface area contributed by atoms with Crippen molar-refractivity contribution in [2.24, 2.45) is 5.92 Å². The van der Waals surface area contributed by atoms with Crippen molar-refractivity contribution < 1.29 is 9.53 Å². The van der Waals surface area contributed by atoms with Crippen molar-refractivity contribution in [2.75, 3.05) is 19.8 Å². The molecular formula is C11H19NO2. The zero-order chi connectivity index (χ0) is 9.97. The Bertz CT molecular complexity index is 209. The fraction of sp³-hybridized carbons (Fsp3) is 0.909. The fourth-order valence-corrected chi connectivity index (χ4v) is 1.69. The van der Waals surface area contributed by atoms with E-state index in [1.54, 1.807) is 0 Å². The Kier molecular flexibility index (Phi) is 3.06. The van der Waals surface area contributed by atoms with E-state index in [1.165, 1.54) is 25.7 Å². The first-order valence-corrected chi connectivity index (χ1v) is 5.68. The largest absolute Gasteiger partial charge is 0.372 e. The summed E-state index contributed by atoms with van der Waals surface area (Å²) < 4.78 is 5.16. The van der Waals surface area contributed by atoms with E-state index in [2.05, 4.69) is 0 Å². The van der Waals surface area contributed by atoms with Crippen LogP contribution in [0.4, 0.5) is 0 Å². The molecule has 0 spiro atoms. The van der Waals surface area contributed by atoms with Crippen LogP contribution in [0, 0.1) is 5.92 Å². The highest BCUT2D eigenvalue weighted by atomic mass is 16.5. The summed E-state index contributed by atoms with van der Waals surface area (Å²) in [5.41, 5.74) is 0. The van der Waals surface area contributed by atoms with Crippen LogP contribution in [0.25, 0.3) is 0 Å². The zero-order valence-electron chi connectivity index (χ0n) is 8.87. The summed E-state index contributed by atoms with van der Waals surface area (Å²) in [4.78, 5) is 13.8. The Morgan fingerprint density at radius 3 is 2.57 bits per heavy atom. The molecule has 3 nitrogen and oxygen atoms in total. The maximum Gasteiger partial charge on any atom is 0.248 e. The van der Waals surface area contributed by atoms with Crippen molar-refractivity contribution in [3.8, 4) is 0 Å². The molecule has 0 aliphatic heterocycles. The third kappa shape index (κ3) is 2.71. The minimum atomic E-state index is 0.196. The summed E-state index contributed by atoms with van der Waals surface area (Å²) in [6, 6.07) is 0.545. The normalized spacial score (nSPS) is 20.9. The molecule has 0 heterocycles. The Balaban J connectivity index is 1.78. The molecule has 2 rings (SSSR count). The van der Waals surface area contributed by atoms with Gasteiger partial charge in [0.15, 0.2) is 0 Å². The molecule has 0 aromatic heterocycles. The van der Waals surface area contributed by atoms with Crippen LogP contribution in [0.15, 0.2) is 0 Å². The van der Waals surface area contributed by atoms with Crippen molar-refractivity contribution >= 4 is 5.91 Å². The lowest BCUT2D eigenvalue weighted by molar-refractivity contribution is -0.136. The molecule has 0 radical (unpaired) electrons. The van der Waals surface area contributed by atoms with E-state index in [0.717, 1.165) is 12.5 Å². The average Bonchev–Trinajstić information content (AvgIpc) is 3.02. The number of ether oxygens (including phenoxy) is 1. The molecule has 0 bridgehead atoms. The van der Waals surface area contributed by atoms with Gasteiger partial charge in [-0.3, -0.25) is 4.79 Å². The van der Waals surface area contributed by atoms with Crippen LogP contribution < -0.4 is 0 Å². The van der Waals surface area contributed by atoms with E-state index in [9.17, 15) is 4.79 Å². The molecule has 0 atom stereocenters. The van der Waals surface area contributed by atoms with Crippen LogP contribution >= 0.6 is 0 Å². The molecule has 0 aromatic rings. The van der Waals surface area contributed by atoms with Gasteiger partial charge in [-0.15, -0.1) is 0 Å². The van der Waals surface area contributed by atoms with Crippen molar-refractivity contribution in [3.05, 3.63) is 0 Å². The van der Waals surface area contributed by atoms with Crippen molar-refractivity contribution in [3.63, 3.8) is 0 Å². The molecule has 0 N–H and O–H groups in total. The van der Waals surface area contributed by atoms with Crippen molar-refractivity contribution in [2.45, 2.75) is 38.6 Å². The number of amides is 1. The quantitative estimate of drug-likeness (QED) is 0.644. The van der Waals surface area contributed by atoms with Crippen LogP contribution in [-0.2, 0) is 9.53 Å². The average molecular weight is 197 g/mol. The monoisotopic (exact) mass is 197 g/mol. The Hall–Kier alpha value is -0.570. The highest BCUT2D eigenvalue weighted by molar-refractivity contribution is 5.78. The van der Waals surface area contributed by atoms with E-state index in [4.69, 9.17) is 4.74 Å². The summed E-state index contributed by atoms with van der Waals surface area (Å²) in [6.45, 7) is 3.82. The molecule has 2 fully saturated rings. The van der Waals surface area contributed by atoms with Crippen LogP contribution in [0.3, 0.4) is 0 Å². The second-order valence-electron chi connectivity index (χ2n) is 4.36.